The summed E-state index contributed by atoms with van der Waals surface area (Å²) in [7, 11) is 0. The molecular formula is C11H11NO3. The van der Waals surface area contributed by atoms with Crippen molar-refractivity contribution in [3.05, 3.63) is 29.3 Å². The van der Waals surface area contributed by atoms with Crippen LogP contribution in [-0.4, -0.2) is 17.2 Å². The topological polar surface area (TPSA) is 70.3 Å². The van der Waals surface area contributed by atoms with Gasteiger partial charge in [0.1, 0.15) is 11.8 Å². The van der Waals surface area contributed by atoms with E-state index < -0.39 is 12.1 Å². The average Bonchev–Trinajstić information content (AvgIpc) is 2.20. The first-order valence-corrected chi connectivity index (χ1v) is 4.45. The first-order chi connectivity index (χ1) is 7.04. The van der Waals surface area contributed by atoms with Crippen LogP contribution in [0.4, 0.5) is 0 Å². The molecule has 1 aromatic rings. The van der Waals surface area contributed by atoms with Gasteiger partial charge in [0.25, 0.3) is 0 Å². The molecule has 0 aromatic heterocycles. The standard InChI is InChI=1S/C11H11NO3/c1-7-3-4-9(11(13)14)5-10(7)15-8(2)6-12/h3-5,8H,1-2H3,(H,13,14). The largest absolute Gasteiger partial charge is 0.478 e. The van der Waals surface area contributed by atoms with E-state index in [0.717, 1.165) is 5.56 Å². The fourth-order valence-corrected chi connectivity index (χ4v) is 1.08. The number of hydrogen-bond acceptors (Lipinski definition) is 3. The van der Waals surface area contributed by atoms with Crippen LogP contribution in [0.2, 0.25) is 0 Å². The minimum atomic E-state index is -1.01. The highest BCUT2D eigenvalue weighted by molar-refractivity contribution is 5.88. The molecule has 15 heavy (non-hydrogen) atoms. The molecule has 0 saturated heterocycles. The highest BCUT2D eigenvalue weighted by Crippen LogP contribution is 2.20. The molecule has 0 aliphatic heterocycles. The quantitative estimate of drug-likeness (QED) is 0.819. The van der Waals surface area contributed by atoms with E-state index in [1.807, 2.05) is 6.07 Å². The maximum Gasteiger partial charge on any atom is 0.335 e. The summed E-state index contributed by atoms with van der Waals surface area (Å²) in [5.74, 6) is -0.576. The number of rotatable bonds is 3. The van der Waals surface area contributed by atoms with Gasteiger partial charge in [0, 0.05) is 0 Å². The summed E-state index contributed by atoms with van der Waals surface area (Å²) in [4.78, 5) is 10.7. The van der Waals surface area contributed by atoms with E-state index in [-0.39, 0.29) is 5.56 Å². The Hall–Kier alpha value is -2.02. The minimum Gasteiger partial charge on any atom is -0.478 e. The lowest BCUT2D eigenvalue weighted by atomic mass is 10.1. The van der Waals surface area contributed by atoms with Gasteiger partial charge in [-0.15, -0.1) is 0 Å². The summed E-state index contributed by atoms with van der Waals surface area (Å²) in [6.45, 7) is 3.40. The zero-order valence-corrected chi connectivity index (χ0v) is 8.52. The average molecular weight is 205 g/mol. The Morgan fingerprint density at radius 1 is 1.60 bits per heavy atom. The van der Waals surface area contributed by atoms with Crippen LogP contribution in [0.1, 0.15) is 22.8 Å². The lowest BCUT2D eigenvalue weighted by Gasteiger charge is -2.10. The minimum absolute atomic E-state index is 0.153. The molecule has 1 atom stereocenters. The fourth-order valence-electron chi connectivity index (χ4n) is 1.08. The van der Waals surface area contributed by atoms with Crippen molar-refractivity contribution in [1.82, 2.24) is 0 Å². The third kappa shape index (κ3) is 2.71. The molecule has 1 unspecified atom stereocenters. The lowest BCUT2D eigenvalue weighted by Crippen LogP contribution is -2.10. The van der Waals surface area contributed by atoms with Gasteiger partial charge in [-0.2, -0.15) is 5.26 Å². The van der Waals surface area contributed by atoms with Gasteiger partial charge in [-0.05, 0) is 31.5 Å². The Morgan fingerprint density at radius 2 is 2.27 bits per heavy atom. The maximum absolute atomic E-state index is 10.7. The summed E-state index contributed by atoms with van der Waals surface area (Å²) in [5.41, 5.74) is 0.961. The van der Waals surface area contributed by atoms with Gasteiger partial charge < -0.3 is 9.84 Å². The lowest BCUT2D eigenvalue weighted by molar-refractivity contribution is 0.0696. The number of carboxylic acid groups (broad SMARTS) is 1. The fraction of sp³-hybridized carbons (Fsp3) is 0.273. The molecule has 0 aliphatic rings. The van der Waals surface area contributed by atoms with Gasteiger partial charge in [-0.3, -0.25) is 0 Å². The van der Waals surface area contributed by atoms with E-state index in [2.05, 4.69) is 0 Å². The van der Waals surface area contributed by atoms with Gasteiger partial charge in [0.15, 0.2) is 6.10 Å². The van der Waals surface area contributed by atoms with Gasteiger partial charge >= 0.3 is 5.97 Å². The van der Waals surface area contributed by atoms with E-state index in [4.69, 9.17) is 15.1 Å². The van der Waals surface area contributed by atoms with Crippen molar-refractivity contribution in [2.75, 3.05) is 0 Å². The van der Waals surface area contributed by atoms with E-state index in [0.29, 0.717) is 5.75 Å². The van der Waals surface area contributed by atoms with Crippen LogP contribution >= 0.6 is 0 Å². The Kier molecular flexibility index (Phi) is 3.29. The first kappa shape index (κ1) is 11.1. The van der Waals surface area contributed by atoms with Crippen molar-refractivity contribution in [2.24, 2.45) is 0 Å². The summed E-state index contributed by atoms with van der Waals surface area (Å²) in [5, 5.41) is 17.3. The number of hydrogen-bond donors (Lipinski definition) is 1. The van der Waals surface area contributed by atoms with E-state index in [1.165, 1.54) is 12.1 Å². The van der Waals surface area contributed by atoms with Crippen molar-refractivity contribution < 1.29 is 14.6 Å². The zero-order chi connectivity index (χ0) is 11.4. The molecular weight excluding hydrogens is 194 g/mol. The van der Waals surface area contributed by atoms with Crippen molar-refractivity contribution >= 4 is 5.97 Å². The Labute approximate surface area is 87.7 Å². The number of aromatic carboxylic acids is 1. The van der Waals surface area contributed by atoms with Crippen LogP contribution in [-0.2, 0) is 0 Å². The van der Waals surface area contributed by atoms with Gasteiger partial charge in [0.2, 0.25) is 0 Å². The second kappa shape index (κ2) is 4.47. The van der Waals surface area contributed by atoms with E-state index >= 15 is 0 Å². The molecule has 78 valence electrons. The zero-order valence-electron chi connectivity index (χ0n) is 8.52. The molecule has 4 heteroatoms. The number of carbonyl (C=O) groups is 1. The second-order valence-corrected chi connectivity index (χ2v) is 3.17. The number of ether oxygens (including phenoxy) is 1. The molecule has 0 bridgehead atoms. The smallest absolute Gasteiger partial charge is 0.335 e. The normalized spacial score (nSPS) is 11.5. The molecule has 4 nitrogen and oxygen atoms in total. The summed E-state index contributed by atoms with van der Waals surface area (Å²) in [6, 6.07) is 6.50. The van der Waals surface area contributed by atoms with Crippen molar-refractivity contribution in [3.63, 3.8) is 0 Å². The third-order valence-corrected chi connectivity index (χ3v) is 1.92. The monoisotopic (exact) mass is 205 g/mol. The number of aryl methyl sites for hydroxylation is 1. The molecule has 1 rings (SSSR count). The predicted molar refractivity (Wildman–Crippen MR) is 53.8 cm³/mol. The second-order valence-electron chi connectivity index (χ2n) is 3.17. The van der Waals surface area contributed by atoms with Crippen molar-refractivity contribution in [2.45, 2.75) is 20.0 Å². The number of carboxylic acids is 1. The number of nitrogens with zero attached hydrogens (tertiary/aromatic N) is 1. The third-order valence-electron chi connectivity index (χ3n) is 1.92. The highest BCUT2D eigenvalue weighted by atomic mass is 16.5. The van der Waals surface area contributed by atoms with Crippen LogP contribution in [0.15, 0.2) is 18.2 Å². The Bertz CT molecular complexity index is 420. The first-order valence-electron chi connectivity index (χ1n) is 4.45. The van der Waals surface area contributed by atoms with Crippen LogP contribution in [0.25, 0.3) is 0 Å². The van der Waals surface area contributed by atoms with E-state index in [9.17, 15) is 4.79 Å². The summed E-state index contributed by atoms with van der Waals surface area (Å²) >= 11 is 0. The summed E-state index contributed by atoms with van der Waals surface area (Å²) in [6.07, 6.45) is -0.590. The van der Waals surface area contributed by atoms with Gasteiger partial charge in [0.05, 0.1) is 5.56 Å². The molecule has 1 aromatic carbocycles. The van der Waals surface area contributed by atoms with E-state index in [1.54, 1.807) is 19.9 Å². The molecule has 0 radical (unpaired) electrons. The SMILES string of the molecule is Cc1ccc(C(=O)O)cc1OC(C)C#N. The maximum atomic E-state index is 10.7. The Balaban J connectivity index is 3.01. The Morgan fingerprint density at radius 3 is 2.80 bits per heavy atom. The molecule has 1 N–H and O–H groups in total. The van der Waals surface area contributed by atoms with Crippen LogP contribution in [0, 0.1) is 18.3 Å². The van der Waals surface area contributed by atoms with Gasteiger partial charge in [-0.25, -0.2) is 4.79 Å². The predicted octanol–water partition coefficient (Wildman–Crippen LogP) is 1.98. The van der Waals surface area contributed by atoms with Crippen molar-refractivity contribution in [1.29, 1.82) is 5.26 Å². The summed E-state index contributed by atoms with van der Waals surface area (Å²) < 4.78 is 5.26. The number of benzene rings is 1. The van der Waals surface area contributed by atoms with Crippen LogP contribution < -0.4 is 4.74 Å². The molecule has 0 heterocycles. The molecule has 0 amide bonds. The highest BCUT2D eigenvalue weighted by Gasteiger charge is 2.09. The molecule has 0 fully saturated rings. The van der Waals surface area contributed by atoms with Crippen LogP contribution in [0.5, 0.6) is 5.75 Å². The molecule has 0 aliphatic carbocycles. The van der Waals surface area contributed by atoms with Crippen molar-refractivity contribution in [3.8, 4) is 11.8 Å². The molecule has 0 saturated carbocycles. The van der Waals surface area contributed by atoms with Gasteiger partial charge in [-0.1, -0.05) is 6.07 Å². The van der Waals surface area contributed by atoms with Crippen LogP contribution in [0.3, 0.4) is 0 Å². The molecule has 0 spiro atoms. The number of nitriles is 1.